The van der Waals surface area contributed by atoms with Crippen LogP contribution in [0.3, 0.4) is 0 Å². The van der Waals surface area contributed by atoms with Gasteiger partial charge >= 0.3 is 0 Å². The topological polar surface area (TPSA) is 57.6 Å². The Balaban J connectivity index is 2.33. The summed E-state index contributed by atoms with van der Waals surface area (Å²) < 4.78 is 22.8. The van der Waals surface area contributed by atoms with Gasteiger partial charge in [-0.05, 0) is 38.8 Å². The van der Waals surface area contributed by atoms with E-state index in [2.05, 4.69) is 4.90 Å². The van der Waals surface area contributed by atoms with Crippen LogP contribution in [0.4, 0.5) is 0 Å². The van der Waals surface area contributed by atoms with E-state index in [-0.39, 0.29) is 12.4 Å². The Morgan fingerprint density at radius 3 is 2.76 bits per heavy atom. The molecule has 0 radical (unpaired) electrons. The van der Waals surface area contributed by atoms with Crippen molar-refractivity contribution in [2.45, 2.75) is 45.1 Å². The van der Waals surface area contributed by atoms with E-state index in [9.17, 15) is 8.42 Å². The number of rotatable bonds is 7. The maximum absolute atomic E-state index is 11.4. The minimum absolute atomic E-state index is 0.231. The summed E-state index contributed by atoms with van der Waals surface area (Å²) in [5, 5.41) is 9.01. The number of piperidine rings is 1. The average Bonchev–Trinajstić information content (AvgIpc) is 2.31. The average molecular weight is 263 g/mol. The molecule has 1 atom stereocenters. The van der Waals surface area contributed by atoms with E-state index in [4.69, 9.17) is 5.11 Å². The summed E-state index contributed by atoms with van der Waals surface area (Å²) in [7, 11) is -2.83. The van der Waals surface area contributed by atoms with Crippen LogP contribution in [0.15, 0.2) is 0 Å². The molecule has 1 rings (SSSR count). The fourth-order valence-electron chi connectivity index (χ4n) is 2.46. The van der Waals surface area contributed by atoms with Gasteiger partial charge in [0.2, 0.25) is 0 Å². The molecule has 17 heavy (non-hydrogen) atoms. The fourth-order valence-corrected chi connectivity index (χ4v) is 3.32. The summed E-state index contributed by atoms with van der Waals surface area (Å²) in [5.74, 6) is 0.541. The Bertz CT molecular complexity index is 301. The number of hydrogen-bond acceptors (Lipinski definition) is 4. The molecule has 4 nitrogen and oxygen atoms in total. The largest absolute Gasteiger partial charge is 0.396 e. The molecule has 0 saturated carbocycles. The molecule has 0 aromatic rings. The summed E-state index contributed by atoms with van der Waals surface area (Å²) in [4.78, 5) is 2.35. The summed E-state index contributed by atoms with van der Waals surface area (Å²) in [6, 6.07) is 0.457. The number of aliphatic hydroxyl groups is 1. The van der Waals surface area contributed by atoms with Crippen LogP contribution in [0, 0.1) is 0 Å². The highest BCUT2D eigenvalue weighted by Crippen LogP contribution is 2.19. The molecule has 0 amide bonds. The van der Waals surface area contributed by atoms with Gasteiger partial charge < -0.3 is 10.0 Å². The van der Waals surface area contributed by atoms with E-state index in [1.54, 1.807) is 6.92 Å². The molecule has 102 valence electrons. The van der Waals surface area contributed by atoms with Gasteiger partial charge in [0.05, 0.1) is 5.75 Å². The summed E-state index contributed by atoms with van der Waals surface area (Å²) in [5.41, 5.74) is 0. The lowest BCUT2D eigenvalue weighted by Gasteiger charge is -2.35. The molecule has 1 unspecified atom stereocenters. The highest BCUT2D eigenvalue weighted by Gasteiger charge is 2.21. The Kier molecular flexibility index (Phi) is 6.44. The van der Waals surface area contributed by atoms with Crippen LogP contribution >= 0.6 is 0 Å². The van der Waals surface area contributed by atoms with Crippen molar-refractivity contribution in [1.82, 2.24) is 4.90 Å². The molecule has 0 aromatic carbocycles. The van der Waals surface area contributed by atoms with Crippen LogP contribution in [0.5, 0.6) is 0 Å². The smallest absolute Gasteiger partial charge is 0.150 e. The van der Waals surface area contributed by atoms with Crippen molar-refractivity contribution >= 4 is 9.84 Å². The quantitative estimate of drug-likeness (QED) is 0.746. The van der Waals surface area contributed by atoms with Crippen LogP contribution in [0.1, 0.15) is 39.0 Å². The van der Waals surface area contributed by atoms with Crippen molar-refractivity contribution in [2.75, 3.05) is 31.2 Å². The number of likely N-dealkylation sites (tertiary alicyclic amines) is 1. The first-order valence-electron chi connectivity index (χ1n) is 6.64. The molecule has 0 bridgehead atoms. The number of aliphatic hydroxyl groups excluding tert-OH is 1. The van der Waals surface area contributed by atoms with E-state index >= 15 is 0 Å². The number of nitrogens with zero attached hydrogens (tertiary/aromatic N) is 1. The standard InChI is InChI=1S/C12H25NO3S/c1-2-17(15,16)11-5-9-13-8-4-3-6-12(13)7-10-14/h12,14H,2-11H2,1H3. The van der Waals surface area contributed by atoms with Crippen LogP contribution in [-0.4, -0.2) is 55.7 Å². The van der Waals surface area contributed by atoms with Crippen molar-refractivity contribution < 1.29 is 13.5 Å². The molecule has 5 heteroatoms. The molecule has 1 N–H and O–H groups in total. The second kappa shape index (κ2) is 7.34. The van der Waals surface area contributed by atoms with E-state index in [1.807, 2.05) is 0 Å². The SMILES string of the molecule is CCS(=O)(=O)CCCN1CCCCC1CCO. The van der Waals surface area contributed by atoms with Crippen LogP contribution in [-0.2, 0) is 9.84 Å². The van der Waals surface area contributed by atoms with Gasteiger partial charge in [0.1, 0.15) is 9.84 Å². The highest BCUT2D eigenvalue weighted by atomic mass is 32.2. The van der Waals surface area contributed by atoms with E-state index < -0.39 is 9.84 Å². The summed E-state index contributed by atoms with van der Waals surface area (Å²) in [6.45, 7) is 3.83. The molecular weight excluding hydrogens is 238 g/mol. The van der Waals surface area contributed by atoms with Gasteiger partial charge in [0.15, 0.2) is 0 Å². The Labute approximate surface area is 105 Å². The Hall–Kier alpha value is -0.130. The van der Waals surface area contributed by atoms with E-state index in [0.717, 1.165) is 32.4 Å². The van der Waals surface area contributed by atoms with Gasteiger partial charge in [-0.2, -0.15) is 0 Å². The van der Waals surface area contributed by atoms with Gasteiger partial charge in [0.25, 0.3) is 0 Å². The predicted molar refractivity (Wildman–Crippen MR) is 69.9 cm³/mol. The number of hydrogen-bond donors (Lipinski definition) is 1. The second-order valence-electron chi connectivity index (χ2n) is 4.79. The Morgan fingerprint density at radius 1 is 1.35 bits per heavy atom. The van der Waals surface area contributed by atoms with Crippen molar-refractivity contribution in [3.63, 3.8) is 0 Å². The van der Waals surface area contributed by atoms with Crippen molar-refractivity contribution in [2.24, 2.45) is 0 Å². The highest BCUT2D eigenvalue weighted by molar-refractivity contribution is 7.91. The fraction of sp³-hybridized carbons (Fsp3) is 1.00. The van der Waals surface area contributed by atoms with E-state index in [0.29, 0.717) is 11.8 Å². The van der Waals surface area contributed by atoms with Crippen LogP contribution < -0.4 is 0 Å². The lowest BCUT2D eigenvalue weighted by atomic mass is 9.99. The molecule has 1 heterocycles. The molecule has 0 aromatic heterocycles. The van der Waals surface area contributed by atoms with Gasteiger partial charge in [-0.25, -0.2) is 8.42 Å². The lowest BCUT2D eigenvalue weighted by Crippen LogP contribution is -2.41. The maximum atomic E-state index is 11.4. The number of sulfone groups is 1. The third kappa shape index (κ3) is 5.36. The molecule has 1 saturated heterocycles. The minimum Gasteiger partial charge on any atom is -0.396 e. The summed E-state index contributed by atoms with van der Waals surface area (Å²) in [6.07, 6.45) is 5.11. The van der Waals surface area contributed by atoms with Crippen molar-refractivity contribution in [3.8, 4) is 0 Å². The molecule has 1 aliphatic rings. The minimum atomic E-state index is -2.83. The summed E-state index contributed by atoms with van der Waals surface area (Å²) >= 11 is 0. The van der Waals surface area contributed by atoms with Gasteiger partial charge in [-0.3, -0.25) is 0 Å². The molecule has 1 fully saturated rings. The second-order valence-corrected chi connectivity index (χ2v) is 7.26. The third-order valence-electron chi connectivity index (χ3n) is 3.55. The zero-order valence-electron chi connectivity index (χ0n) is 10.8. The van der Waals surface area contributed by atoms with Crippen molar-refractivity contribution in [3.05, 3.63) is 0 Å². The molecule has 1 aliphatic heterocycles. The first-order valence-corrected chi connectivity index (χ1v) is 8.46. The monoisotopic (exact) mass is 263 g/mol. The molecule has 0 aliphatic carbocycles. The van der Waals surface area contributed by atoms with Crippen molar-refractivity contribution in [1.29, 1.82) is 0 Å². The van der Waals surface area contributed by atoms with Crippen LogP contribution in [0.2, 0.25) is 0 Å². The third-order valence-corrected chi connectivity index (χ3v) is 5.34. The van der Waals surface area contributed by atoms with Gasteiger partial charge in [-0.15, -0.1) is 0 Å². The van der Waals surface area contributed by atoms with Gasteiger partial charge in [0, 0.05) is 18.4 Å². The van der Waals surface area contributed by atoms with E-state index in [1.165, 1.54) is 12.8 Å². The maximum Gasteiger partial charge on any atom is 0.150 e. The zero-order valence-corrected chi connectivity index (χ0v) is 11.6. The zero-order chi connectivity index (χ0) is 12.7. The predicted octanol–water partition coefficient (Wildman–Crippen LogP) is 1.05. The first-order chi connectivity index (χ1) is 8.09. The van der Waals surface area contributed by atoms with Gasteiger partial charge in [-0.1, -0.05) is 13.3 Å². The molecule has 0 spiro atoms. The van der Waals surface area contributed by atoms with Crippen LogP contribution in [0.25, 0.3) is 0 Å². The first kappa shape index (κ1) is 14.9. The Morgan fingerprint density at radius 2 is 2.12 bits per heavy atom. The lowest BCUT2D eigenvalue weighted by molar-refractivity contribution is 0.120. The normalized spacial score (nSPS) is 22.8. The molecular formula is C12H25NO3S.